The number of hydrogen-bond donors (Lipinski definition) is 2. The summed E-state index contributed by atoms with van der Waals surface area (Å²) in [5.41, 5.74) is 0. The first-order valence-corrected chi connectivity index (χ1v) is 10.7. The molecule has 1 aliphatic heterocycles. The molecule has 8 nitrogen and oxygen atoms in total. The van der Waals surface area contributed by atoms with Crippen molar-refractivity contribution in [1.82, 2.24) is 10.6 Å². The molecule has 0 saturated carbocycles. The summed E-state index contributed by atoms with van der Waals surface area (Å²) in [6.07, 6.45) is 3.03. The Morgan fingerprint density at radius 2 is 1.76 bits per heavy atom. The molecule has 1 rings (SSSR count). The Morgan fingerprint density at radius 1 is 1.03 bits per heavy atom. The van der Waals surface area contributed by atoms with E-state index < -0.39 is 6.29 Å². The summed E-state index contributed by atoms with van der Waals surface area (Å²) in [5.74, 6) is -0.270. The number of rotatable bonds is 12. The minimum atomic E-state index is -0.621. The summed E-state index contributed by atoms with van der Waals surface area (Å²) in [6.45, 7) is 10.3. The molecule has 0 aromatic carbocycles. The summed E-state index contributed by atoms with van der Waals surface area (Å²) in [6, 6.07) is -0.284. The van der Waals surface area contributed by atoms with Crippen LogP contribution < -0.4 is 10.6 Å². The molecular formula is C21H38N2O6. The van der Waals surface area contributed by atoms with Gasteiger partial charge in [-0.15, -0.1) is 0 Å². The zero-order valence-corrected chi connectivity index (χ0v) is 18.5. The number of esters is 1. The van der Waals surface area contributed by atoms with Crippen molar-refractivity contribution in [3.63, 3.8) is 0 Å². The van der Waals surface area contributed by atoms with E-state index in [2.05, 4.69) is 17.6 Å². The molecule has 0 aromatic rings. The maximum atomic E-state index is 11.7. The van der Waals surface area contributed by atoms with E-state index in [1.807, 2.05) is 13.8 Å². The van der Waals surface area contributed by atoms with Crippen LogP contribution in [-0.2, 0) is 28.6 Å². The van der Waals surface area contributed by atoms with E-state index in [1.165, 1.54) is 13.8 Å². The lowest BCUT2D eigenvalue weighted by Gasteiger charge is -2.44. The normalized spacial score (nSPS) is 26.6. The van der Waals surface area contributed by atoms with E-state index in [4.69, 9.17) is 14.2 Å². The predicted octanol–water partition coefficient (Wildman–Crippen LogP) is 2.15. The van der Waals surface area contributed by atoms with Gasteiger partial charge in [0, 0.05) is 33.4 Å². The van der Waals surface area contributed by atoms with Crippen molar-refractivity contribution >= 4 is 17.8 Å². The molecule has 1 saturated heterocycles. The second kappa shape index (κ2) is 13.5. The molecule has 1 fully saturated rings. The van der Waals surface area contributed by atoms with Gasteiger partial charge >= 0.3 is 5.97 Å². The van der Waals surface area contributed by atoms with Crippen LogP contribution in [0.2, 0.25) is 0 Å². The lowest BCUT2D eigenvalue weighted by atomic mass is 9.82. The average Bonchev–Trinajstić information content (AvgIpc) is 2.65. The van der Waals surface area contributed by atoms with Gasteiger partial charge in [-0.2, -0.15) is 0 Å². The van der Waals surface area contributed by atoms with Crippen molar-refractivity contribution in [2.75, 3.05) is 19.8 Å². The van der Waals surface area contributed by atoms with E-state index in [9.17, 15) is 14.4 Å². The summed E-state index contributed by atoms with van der Waals surface area (Å²) in [7, 11) is 0. The monoisotopic (exact) mass is 414 g/mol. The minimum Gasteiger partial charge on any atom is -0.463 e. The standard InChI is InChI=1S/C21H38N2O6/c1-6-7-11-22-19(26)10-8-9-12-27-21-20(23-16(4)24)15(3)14(2)18(29-21)13-28-17(5)25/h14-15,18,20-21H,6-13H2,1-5H3,(H,22,26)(H,23,24). The predicted molar refractivity (Wildman–Crippen MR) is 109 cm³/mol. The Balaban J connectivity index is 2.51. The third-order valence-electron chi connectivity index (χ3n) is 5.34. The van der Waals surface area contributed by atoms with Gasteiger partial charge < -0.3 is 24.8 Å². The van der Waals surface area contributed by atoms with E-state index >= 15 is 0 Å². The SMILES string of the molecule is CCCCNC(=O)CCCCOC1OC(COC(C)=O)C(C)C(C)C1NC(C)=O. The van der Waals surface area contributed by atoms with Gasteiger partial charge in [-0.1, -0.05) is 27.2 Å². The van der Waals surface area contributed by atoms with Crippen molar-refractivity contribution in [2.45, 2.75) is 85.2 Å². The molecule has 8 heteroatoms. The second-order valence-electron chi connectivity index (χ2n) is 7.82. The van der Waals surface area contributed by atoms with Crippen LogP contribution in [-0.4, -0.2) is 56.0 Å². The molecule has 1 heterocycles. The van der Waals surface area contributed by atoms with Crippen LogP contribution in [0.5, 0.6) is 0 Å². The molecule has 29 heavy (non-hydrogen) atoms. The van der Waals surface area contributed by atoms with E-state index in [0.29, 0.717) is 19.4 Å². The average molecular weight is 415 g/mol. The molecule has 0 spiro atoms. The van der Waals surface area contributed by atoms with Gasteiger partial charge in [0.05, 0.1) is 12.1 Å². The van der Waals surface area contributed by atoms with Crippen molar-refractivity contribution in [1.29, 1.82) is 0 Å². The van der Waals surface area contributed by atoms with Crippen LogP contribution in [0.4, 0.5) is 0 Å². The number of nitrogens with one attached hydrogen (secondary N) is 2. The molecule has 5 unspecified atom stereocenters. The zero-order chi connectivity index (χ0) is 21.8. The number of unbranched alkanes of at least 4 members (excludes halogenated alkanes) is 2. The number of carbonyl (C=O) groups is 3. The fraction of sp³-hybridized carbons (Fsp3) is 0.857. The van der Waals surface area contributed by atoms with Crippen LogP contribution in [0, 0.1) is 11.8 Å². The Labute approximate surface area is 174 Å². The summed E-state index contributed by atoms with van der Waals surface area (Å²) >= 11 is 0. The first-order chi connectivity index (χ1) is 13.8. The van der Waals surface area contributed by atoms with Crippen LogP contribution >= 0.6 is 0 Å². The highest BCUT2D eigenvalue weighted by molar-refractivity contribution is 5.75. The van der Waals surface area contributed by atoms with Gasteiger partial charge in [0.1, 0.15) is 6.61 Å². The third kappa shape index (κ3) is 9.58. The molecule has 0 bridgehead atoms. The molecule has 0 aromatic heterocycles. The fourth-order valence-corrected chi connectivity index (χ4v) is 3.34. The Hall–Kier alpha value is -1.67. The summed E-state index contributed by atoms with van der Waals surface area (Å²) < 4.78 is 17.1. The number of amides is 2. The lowest BCUT2D eigenvalue weighted by molar-refractivity contribution is -0.244. The van der Waals surface area contributed by atoms with Crippen molar-refractivity contribution in [2.24, 2.45) is 11.8 Å². The Kier molecular flexibility index (Phi) is 11.8. The van der Waals surface area contributed by atoms with Crippen LogP contribution in [0.1, 0.15) is 66.7 Å². The largest absolute Gasteiger partial charge is 0.463 e. The van der Waals surface area contributed by atoms with Crippen molar-refractivity contribution in [3.05, 3.63) is 0 Å². The highest BCUT2D eigenvalue weighted by Crippen LogP contribution is 2.31. The smallest absolute Gasteiger partial charge is 0.302 e. The highest BCUT2D eigenvalue weighted by atomic mass is 16.7. The molecule has 168 valence electrons. The van der Waals surface area contributed by atoms with E-state index in [0.717, 1.165) is 25.8 Å². The first kappa shape index (κ1) is 25.4. The molecule has 0 radical (unpaired) electrons. The lowest BCUT2D eigenvalue weighted by Crippen LogP contribution is -2.58. The molecule has 2 amide bonds. The topological polar surface area (TPSA) is 103 Å². The zero-order valence-electron chi connectivity index (χ0n) is 18.5. The van der Waals surface area contributed by atoms with Gasteiger partial charge in [-0.05, 0) is 31.1 Å². The Bertz CT molecular complexity index is 525. The number of carbonyl (C=O) groups excluding carboxylic acids is 3. The minimum absolute atomic E-state index is 0.0624. The van der Waals surface area contributed by atoms with Crippen LogP contribution in [0.15, 0.2) is 0 Å². The molecular weight excluding hydrogens is 376 g/mol. The second-order valence-corrected chi connectivity index (χ2v) is 7.82. The van der Waals surface area contributed by atoms with E-state index in [-0.39, 0.29) is 48.4 Å². The number of hydrogen-bond acceptors (Lipinski definition) is 6. The highest BCUT2D eigenvalue weighted by Gasteiger charge is 2.42. The van der Waals surface area contributed by atoms with Gasteiger partial charge in [-0.3, -0.25) is 14.4 Å². The first-order valence-electron chi connectivity index (χ1n) is 10.7. The quantitative estimate of drug-likeness (QED) is 0.375. The fourth-order valence-electron chi connectivity index (χ4n) is 3.34. The molecule has 5 atom stereocenters. The summed E-state index contributed by atoms with van der Waals surface area (Å²) in [4.78, 5) is 34.5. The number of ether oxygens (including phenoxy) is 3. The van der Waals surface area contributed by atoms with Crippen molar-refractivity contribution in [3.8, 4) is 0 Å². The maximum absolute atomic E-state index is 11.7. The van der Waals surface area contributed by atoms with E-state index in [1.54, 1.807) is 0 Å². The molecule has 0 aliphatic carbocycles. The van der Waals surface area contributed by atoms with Gasteiger partial charge in [0.25, 0.3) is 0 Å². The van der Waals surface area contributed by atoms with Gasteiger partial charge in [0.15, 0.2) is 6.29 Å². The van der Waals surface area contributed by atoms with Crippen molar-refractivity contribution < 1.29 is 28.6 Å². The molecule has 1 aliphatic rings. The maximum Gasteiger partial charge on any atom is 0.302 e. The van der Waals surface area contributed by atoms with Crippen LogP contribution in [0.3, 0.4) is 0 Å². The molecule has 2 N–H and O–H groups in total. The Morgan fingerprint density at radius 3 is 2.38 bits per heavy atom. The van der Waals surface area contributed by atoms with Gasteiger partial charge in [0.2, 0.25) is 11.8 Å². The van der Waals surface area contributed by atoms with Gasteiger partial charge in [-0.25, -0.2) is 0 Å². The summed E-state index contributed by atoms with van der Waals surface area (Å²) in [5, 5.41) is 5.82. The van der Waals surface area contributed by atoms with Crippen LogP contribution in [0.25, 0.3) is 0 Å². The third-order valence-corrected chi connectivity index (χ3v) is 5.34.